The second-order valence-corrected chi connectivity index (χ2v) is 6.68. The third kappa shape index (κ3) is 4.58. The van der Waals surface area contributed by atoms with E-state index < -0.39 is 0 Å². The average Bonchev–Trinajstić information content (AvgIpc) is 2.94. The van der Waals surface area contributed by atoms with Gasteiger partial charge in [-0.05, 0) is 51.8 Å². The molecule has 2 rings (SSSR count). The zero-order chi connectivity index (χ0) is 16.8. The first kappa shape index (κ1) is 18.0. The number of nitrogens with two attached hydrogens (primary N) is 1. The lowest BCUT2D eigenvalue weighted by Crippen LogP contribution is -2.02. The first-order valence-corrected chi connectivity index (χ1v) is 9.31. The number of hydrazone groups is 1. The Hall–Kier alpha value is -1.32. The van der Waals surface area contributed by atoms with E-state index in [0.717, 1.165) is 14.5 Å². The Morgan fingerprint density at radius 1 is 1.30 bits per heavy atom. The Morgan fingerprint density at radius 3 is 2.65 bits per heavy atom. The minimum absolute atomic E-state index is 0.469. The SMILES string of the molecule is CCOc1cc(C=NNc2nc(N)cs2)c(Br)c(Br)c1OCC. The molecule has 0 aliphatic heterocycles. The van der Waals surface area contributed by atoms with Crippen LogP contribution in [0.25, 0.3) is 0 Å². The van der Waals surface area contributed by atoms with Crippen LogP contribution >= 0.6 is 43.2 Å². The summed E-state index contributed by atoms with van der Waals surface area (Å²) in [5, 5.41) is 6.55. The van der Waals surface area contributed by atoms with Gasteiger partial charge in [0.15, 0.2) is 11.5 Å². The number of anilines is 2. The fraction of sp³-hybridized carbons (Fsp3) is 0.286. The van der Waals surface area contributed by atoms with Crippen LogP contribution in [0.4, 0.5) is 10.9 Å². The highest BCUT2D eigenvalue weighted by Gasteiger charge is 2.16. The van der Waals surface area contributed by atoms with Gasteiger partial charge in [0.1, 0.15) is 5.82 Å². The van der Waals surface area contributed by atoms with Gasteiger partial charge < -0.3 is 15.2 Å². The van der Waals surface area contributed by atoms with Gasteiger partial charge in [0, 0.05) is 15.4 Å². The van der Waals surface area contributed by atoms with Crippen molar-refractivity contribution in [1.29, 1.82) is 0 Å². The highest BCUT2D eigenvalue weighted by molar-refractivity contribution is 9.13. The van der Waals surface area contributed by atoms with E-state index in [9.17, 15) is 0 Å². The highest BCUT2D eigenvalue weighted by Crippen LogP contribution is 2.42. The lowest BCUT2D eigenvalue weighted by atomic mass is 10.2. The molecule has 0 spiro atoms. The molecule has 1 aromatic carbocycles. The van der Waals surface area contributed by atoms with Crippen molar-refractivity contribution in [3.63, 3.8) is 0 Å². The predicted molar refractivity (Wildman–Crippen MR) is 102 cm³/mol. The summed E-state index contributed by atoms with van der Waals surface area (Å²) in [4.78, 5) is 4.07. The summed E-state index contributed by atoms with van der Waals surface area (Å²) in [6, 6.07) is 1.87. The summed E-state index contributed by atoms with van der Waals surface area (Å²) in [6.45, 7) is 4.94. The van der Waals surface area contributed by atoms with E-state index in [1.54, 1.807) is 11.6 Å². The van der Waals surface area contributed by atoms with Gasteiger partial charge in [0.05, 0.1) is 23.9 Å². The van der Waals surface area contributed by atoms with E-state index >= 15 is 0 Å². The Balaban J connectivity index is 2.26. The molecule has 0 unspecified atom stereocenters. The van der Waals surface area contributed by atoms with Crippen molar-refractivity contribution >= 4 is 60.4 Å². The number of hydrogen-bond donors (Lipinski definition) is 2. The van der Waals surface area contributed by atoms with Crippen LogP contribution in [-0.2, 0) is 0 Å². The highest BCUT2D eigenvalue weighted by atomic mass is 79.9. The molecule has 0 saturated heterocycles. The van der Waals surface area contributed by atoms with Crippen molar-refractivity contribution in [3.8, 4) is 11.5 Å². The standard InChI is InChI=1S/C14H16Br2N4O2S/c1-3-21-9-5-8(11(15)12(16)13(9)22-4-2)6-18-20-14-19-10(17)7-23-14/h5-7H,3-4,17H2,1-2H3,(H,19,20). The summed E-state index contributed by atoms with van der Waals surface area (Å²) in [5.41, 5.74) is 9.24. The maximum Gasteiger partial charge on any atom is 0.205 e. The summed E-state index contributed by atoms with van der Waals surface area (Å²) in [6.07, 6.45) is 1.67. The Bertz CT molecular complexity index is 706. The van der Waals surface area contributed by atoms with Gasteiger partial charge in [-0.3, -0.25) is 5.43 Å². The Labute approximate surface area is 155 Å². The van der Waals surface area contributed by atoms with Gasteiger partial charge in [-0.2, -0.15) is 5.10 Å². The molecule has 0 bridgehead atoms. The van der Waals surface area contributed by atoms with Crippen LogP contribution in [0.1, 0.15) is 19.4 Å². The van der Waals surface area contributed by atoms with Crippen LogP contribution in [0.3, 0.4) is 0 Å². The van der Waals surface area contributed by atoms with Gasteiger partial charge in [-0.1, -0.05) is 0 Å². The minimum atomic E-state index is 0.469. The monoisotopic (exact) mass is 462 g/mol. The normalized spacial score (nSPS) is 11.0. The van der Waals surface area contributed by atoms with Crippen molar-refractivity contribution < 1.29 is 9.47 Å². The number of halogens is 2. The van der Waals surface area contributed by atoms with E-state index in [1.807, 2.05) is 19.9 Å². The van der Waals surface area contributed by atoms with Crippen LogP contribution < -0.4 is 20.6 Å². The molecule has 2 aromatic rings. The Morgan fingerprint density at radius 2 is 2.04 bits per heavy atom. The van der Waals surface area contributed by atoms with Gasteiger partial charge in [0.25, 0.3) is 0 Å². The quantitative estimate of drug-likeness (QED) is 0.466. The molecule has 3 N–H and O–H groups in total. The molecule has 0 aliphatic carbocycles. The van der Waals surface area contributed by atoms with Gasteiger partial charge in [-0.15, -0.1) is 11.3 Å². The minimum Gasteiger partial charge on any atom is -0.490 e. The molecule has 0 saturated carbocycles. The molecule has 0 fully saturated rings. The topological polar surface area (TPSA) is 81.8 Å². The second-order valence-electron chi connectivity index (χ2n) is 4.23. The smallest absolute Gasteiger partial charge is 0.205 e. The number of hydrogen-bond acceptors (Lipinski definition) is 7. The van der Waals surface area contributed by atoms with E-state index in [2.05, 4.69) is 47.4 Å². The summed E-state index contributed by atoms with van der Waals surface area (Å²) >= 11 is 8.46. The van der Waals surface area contributed by atoms with Crippen LogP contribution in [-0.4, -0.2) is 24.4 Å². The van der Waals surface area contributed by atoms with Gasteiger partial charge in [-0.25, -0.2) is 4.98 Å². The van der Waals surface area contributed by atoms with Gasteiger partial charge >= 0.3 is 0 Å². The summed E-state index contributed by atoms with van der Waals surface area (Å²) < 4.78 is 12.9. The number of nitrogen functional groups attached to an aromatic ring is 1. The van der Waals surface area contributed by atoms with Gasteiger partial charge in [0.2, 0.25) is 5.13 Å². The van der Waals surface area contributed by atoms with Crippen LogP contribution in [0.15, 0.2) is 25.5 Å². The van der Waals surface area contributed by atoms with Crippen LogP contribution in [0.2, 0.25) is 0 Å². The zero-order valence-electron chi connectivity index (χ0n) is 12.6. The first-order valence-electron chi connectivity index (χ1n) is 6.84. The zero-order valence-corrected chi connectivity index (χ0v) is 16.6. The molecule has 0 radical (unpaired) electrons. The molecule has 0 atom stereocenters. The van der Waals surface area contributed by atoms with Crippen molar-refractivity contribution in [1.82, 2.24) is 4.98 Å². The number of nitrogens with zero attached hydrogens (tertiary/aromatic N) is 2. The fourth-order valence-corrected chi connectivity index (χ4v) is 3.22. The van der Waals surface area contributed by atoms with Crippen molar-refractivity contribution in [2.24, 2.45) is 5.10 Å². The van der Waals surface area contributed by atoms with Crippen molar-refractivity contribution in [2.75, 3.05) is 24.4 Å². The number of nitrogens with one attached hydrogen (secondary N) is 1. The molecule has 23 heavy (non-hydrogen) atoms. The number of benzene rings is 1. The third-order valence-electron chi connectivity index (χ3n) is 2.63. The van der Waals surface area contributed by atoms with Crippen LogP contribution in [0, 0.1) is 0 Å². The van der Waals surface area contributed by atoms with E-state index in [1.165, 1.54) is 11.3 Å². The largest absolute Gasteiger partial charge is 0.490 e. The van der Waals surface area contributed by atoms with Crippen molar-refractivity contribution in [3.05, 3.63) is 26.0 Å². The number of aromatic nitrogens is 1. The molecule has 0 aliphatic rings. The number of thiazole rings is 1. The molecule has 124 valence electrons. The van der Waals surface area contributed by atoms with E-state index in [4.69, 9.17) is 15.2 Å². The second kappa shape index (κ2) is 8.51. The maximum absolute atomic E-state index is 5.65. The molecular formula is C14H16Br2N4O2S. The number of ether oxygens (including phenoxy) is 2. The molecule has 6 nitrogen and oxygen atoms in total. The first-order chi connectivity index (χ1) is 11.1. The molecule has 0 amide bonds. The van der Waals surface area contributed by atoms with E-state index in [0.29, 0.717) is 35.7 Å². The lowest BCUT2D eigenvalue weighted by Gasteiger charge is -2.15. The summed E-state index contributed by atoms with van der Waals surface area (Å²) in [5.74, 6) is 1.79. The average molecular weight is 464 g/mol. The lowest BCUT2D eigenvalue weighted by molar-refractivity contribution is 0.286. The number of rotatable bonds is 7. The molecule has 9 heteroatoms. The predicted octanol–water partition coefficient (Wildman–Crippen LogP) is 4.49. The van der Waals surface area contributed by atoms with E-state index in [-0.39, 0.29) is 0 Å². The molecular weight excluding hydrogens is 448 g/mol. The fourth-order valence-electron chi connectivity index (χ4n) is 1.73. The molecule has 1 aromatic heterocycles. The summed E-state index contributed by atoms with van der Waals surface area (Å²) in [7, 11) is 0. The van der Waals surface area contributed by atoms with Crippen molar-refractivity contribution in [2.45, 2.75) is 13.8 Å². The maximum atomic E-state index is 5.65. The molecule has 1 heterocycles. The Kier molecular flexibility index (Phi) is 6.67. The third-order valence-corrected chi connectivity index (χ3v) is 5.54. The van der Waals surface area contributed by atoms with Crippen LogP contribution in [0.5, 0.6) is 11.5 Å².